The Hall–Kier alpha value is -6.20. The van der Waals surface area contributed by atoms with Crippen LogP contribution in [0.5, 0.6) is 0 Å². The molecule has 0 N–H and O–H groups in total. The monoisotopic (exact) mass is 834 g/mol. The molecular weight excluding hydrogens is 779 g/mol. The van der Waals surface area contributed by atoms with Crippen LogP contribution in [-0.2, 0) is 21.7 Å². The zero-order valence-electron chi connectivity index (χ0n) is 39.1. The van der Waals surface area contributed by atoms with Crippen LogP contribution in [0.1, 0.15) is 110 Å². The van der Waals surface area contributed by atoms with E-state index in [4.69, 9.17) is 8.83 Å². The summed E-state index contributed by atoms with van der Waals surface area (Å²) in [6.07, 6.45) is 2.33. The van der Waals surface area contributed by atoms with Gasteiger partial charge in [-0.05, 0) is 140 Å². The topological polar surface area (TPSA) is 34.5 Å². The zero-order chi connectivity index (χ0) is 44.1. The Bertz CT molecular complexity index is 3720. The van der Waals surface area contributed by atoms with E-state index in [0.717, 1.165) is 44.9 Å². The normalized spacial score (nSPS) is 16.4. The van der Waals surface area contributed by atoms with Crippen molar-refractivity contribution in [2.75, 3.05) is 4.81 Å². The lowest BCUT2D eigenvalue weighted by atomic mass is 9.43. The molecule has 316 valence electrons. The second-order valence-corrected chi connectivity index (χ2v) is 22.8. The summed E-state index contributed by atoms with van der Waals surface area (Å²) in [4.78, 5) is 2.76. The molecule has 0 bridgehead atoms. The molecule has 0 atom stereocenters. The SMILES string of the molecule is Cc1cc2c(cc1N1B3c4c(cc5oc6ccccc6c5c4-n4c5ccc(C(C)(C)C)cc5c5cc(C(C)(C)C)cc3c54)-c3c1ccc1oc4ccccc4c31)C(C)(C)CCC2(C)C. The number of furan rings is 2. The Balaban J connectivity index is 1.29. The maximum atomic E-state index is 7.00. The lowest BCUT2D eigenvalue weighted by Gasteiger charge is -2.46. The van der Waals surface area contributed by atoms with Crippen LogP contribution in [0.25, 0.3) is 82.5 Å². The maximum Gasteiger partial charge on any atom is 0.333 e. The molecule has 0 saturated carbocycles. The third kappa shape index (κ3) is 4.91. The number of hydrogen-bond donors (Lipinski definition) is 0. The van der Waals surface area contributed by atoms with Crippen LogP contribution in [-0.4, -0.2) is 11.4 Å². The molecule has 2 aliphatic heterocycles. The van der Waals surface area contributed by atoms with Crippen molar-refractivity contribution in [3.05, 3.63) is 137 Å². The summed E-state index contributed by atoms with van der Waals surface area (Å²) in [5.74, 6) is 0. The number of aryl methyl sites for hydroxylation is 1. The number of para-hydroxylation sites is 2. The highest BCUT2D eigenvalue weighted by Gasteiger charge is 2.48. The number of rotatable bonds is 1. The second-order valence-electron chi connectivity index (χ2n) is 22.8. The van der Waals surface area contributed by atoms with Crippen molar-refractivity contribution in [2.45, 2.75) is 111 Å². The van der Waals surface area contributed by atoms with E-state index in [9.17, 15) is 0 Å². The molecule has 3 aliphatic rings. The summed E-state index contributed by atoms with van der Waals surface area (Å²) >= 11 is 0. The van der Waals surface area contributed by atoms with Crippen molar-refractivity contribution in [1.29, 1.82) is 0 Å². The minimum atomic E-state index is -0.147. The highest BCUT2D eigenvalue weighted by Crippen LogP contribution is 2.54. The standard InChI is InChI=1S/C59H55BN2O2/c1-32-26-40-41(59(10,11)25-24-58(40,8)9)31-45(32)62-44-22-23-48-51(35-16-12-14-18-46(35)63-48)50(44)39-30-49-52(36-17-13-15-19-47(36)64-49)55-53(39)60(62)42-29-34(57(5,6)7)28-38-37-27-33(56(2,3)4)20-21-43(37)61(55)54(38)42/h12-23,26-31H,24-25H2,1-11H3. The number of anilines is 2. The van der Waals surface area contributed by atoms with Gasteiger partial charge in [-0.15, -0.1) is 0 Å². The van der Waals surface area contributed by atoms with Crippen LogP contribution in [0.2, 0.25) is 0 Å². The number of nitrogens with zero attached hydrogens (tertiary/aromatic N) is 2. The van der Waals surface area contributed by atoms with Crippen molar-refractivity contribution in [3.63, 3.8) is 0 Å². The molecule has 0 amide bonds. The molecule has 0 fully saturated rings. The summed E-state index contributed by atoms with van der Waals surface area (Å²) < 4.78 is 16.4. The molecule has 0 unspecified atom stereocenters. The van der Waals surface area contributed by atoms with Gasteiger partial charge in [0.05, 0.1) is 22.1 Å². The average molecular weight is 835 g/mol. The van der Waals surface area contributed by atoms with Gasteiger partial charge in [-0.2, -0.15) is 0 Å². The van der Waals surface area contributed by atoms with E-state index in [2.05, 4.69) is 195 Å². The first kappa shape index (κ1) is 38.3. The van der Waals surface area contributed by atoms with E-state index >= 15 is 0 Å². The number of fused-ring (bicyclic) bond motifs is 16. The molecule has 7 aromatic carbocycles. The van der Waals surface area contributed by atoms with Gasteiger partial charge in [0.1, 0.15) is 22.3 Å². The fourth-order valence-corrected chi connectivity index (χ4v) is 12.2. The van der Waals surface area contributed by atoms with Gasteiger partial charge in [0, 0.05) is 43.9 Å². The predicted molar refractivity (Wildman–Crippen MR) is 272 cm³/mol. The molecule has 5 heterocycles. The second kappa shape index (κ2) is 12.1. The molecule has 0 spiro atoms. The van der Waals surface area contributed by atoms with Gasteiger partial charge in [-0.3, -0.25) is 0 Å². The summed E-state index contributed by atoms with van der Waals surface area (Å²) in [6.45, 7) is 26.1. The Morgan fingerprint density at radius 3 is 1.88 bits per heavy atom. The minimum Gasteiger partial charge on any atom is -0.456 e. The Kier molecular flexibility index (Phi) is 7.25. The highest BCUT2D eigenvalue weighted by atomic mass is 16.3. The molecule has 4 nitrogen and oxygen atoms in total. The van der Waals surface area contributed by atoms with Crippen molar-refractivity contribution in [1.82, 2.24) is 4.57 Å². The zero-order valence-corrected chi connectivity index (χ0v) is 39.1. The van der Waals surface area contributed by atoms with Gasteiger partial charge in [-0.25, -0.2) is 0 Å². The lowest BCUT2D eigenvalue weighted by Crippen LogP contribution is -2.61. The molecule has 1 aliphatic carbocycles. The van der Waals surface area contributed by atoms with E-state index in [1.54, 1.807) is 0 Å². The van der Waals surface area contributed by atoms with Crippen LogP contribution in [0.3, 0.4) is 0 Å². The molecule has 5 heteroatoms. The van der Waals surface area contributed by atoms with Gasteiger partial charge < -0.3 is 18.2 Å². The summed E-state index contributed by atoms with van der Waals surface area (Å²) in [5.41, 5.74) is 21.9. The van der Waals surface area contributed by atoms with E-state index in [-0.39, 0.29) is 28.5 Å². The third-order valence-corrected chi connectivity index (χ3v) is 15.8. The van der Waals surface area contributed by atoms with Gasteiger partial charge in [-0.1, -0.05) is 124 Å². The fraction of sp³-hybridized carbons (Fsp3) is 0.288. The highest BCUT2D eigenvalue weighted by molar-refractivity contribution is 6.94. The van der Waals surface area contributed by atoms with E-state index < -0.39 is 0 Å². The van der Waals surface area contributed by atoms with Gasteiger partial charge in [0.2, 0.25) is 0 Å². The molecule has 64 heavy (non-hydrogen) atoms. The van der Waals surface area contributed by atoms with Crippen LogP contribution in [0.15, 0.2) is 118 Å². The number of aromatic nitrogens is 1. The Morgan fingerprint density at radius 2 is 1.19 bits per heavy atom. The summed E-state index contributed by atoms with van der Waals surface area (Å²) in [6, 6.07) is 41.7. The summed E-state index contributed by atoms with van der Waals surface area (Å²) in [7, 11) is 0. The molecular formula is C59H55BN2O2. The van der Waals surface area contributed by atoms with Gasteiger partial charge in [0.25, 0.3) is 0 Å². The fourth-order valence-electron chi connectivity index (χ4n) is 12.2. The van der Waals surface area contributed by atoms with Crippen LogP contribution in [0, 0.1) is 6.92 Å². The van der Waals surface area contributed by atoms with Gasteiger partial charge >= 0.3 is 6.85 Å². The molecule has 10 aromatic rings. The van der Waals surface area contributed by atoms with E-state index in [1.165, 1.54) is 101 Å². The number of hydrogen-bond acceptors (Lipinski definition) is 3. The van der Waals surface area contributed by atoms with Crippen molar-refractivity contribution in [2.24, 2.45) is 0 Å². The van der Waals surface area contributed by atoms with Crippen LogP contribution >= 0.6 is 0 Å². The third-order valence-electron chi connectivity index (χ3n) is 15.8. The van der Waals surface area contributed by atoms with Crippen molar-refractivity contribution >= 4 is 94.8 Å². The first-order valence-electron chi connectivity index (χ1n) is 23.4. The Labute approximate surface area is 375 Å². The quantitative estimate of drug-likeness (QED) is 0.155. The van der Waals surface area contributed by atoms with E-state index in [1.807, 2.05) is 0 Å². The van der Waals surface area contributed by atoms with Crippen molar-refractivity contribution in [3.8, 4) is 16.8 Å². The van der Waals surface area contributed by atoms with E-state index in [0.29, 0.717) is 0 Å². The van der Waals surface area contributed by atoms with Crippen molar-refractivity contribution < 1.29 is 8.83 Å². The first-order chi connectivity index (χ1) is 30.4. The Morgan fingerprint density at radius 1 is 0.562 bits per heavy atom. The van der Waals surface area contributed by atoms with Gasteiger partial charge in [0.15, 0.2) is 0 Å². The maximum absolute atomic E-state index is 7.00. The number of benzene rings is 7. The van der Waals surface area contributed by atoms with Crippen LogP contribution < -0.4 is 15.7 Å². The molecule has 0 radical (unpaired) electrons. The predicted octanol–water partition coefficient (Wildman–Crippen LogP) is 15.1. The lowest BCUT2D eigenvalue weighted by molar-refractivity contribution is 0.332. The molecule has 0 saturated heterocycles. The molecule has 13 rings (SSSR count). The largest absolute Gasteiger partial charge is 0.456 e. The minimum absolute atomic E-state index is 0.0126. The van der Waals surface area contributed by atoms with Crippen LogP contribution in [0.4, 0.5) is 11.4 Å². The average Bonchev–Trinajstić information content (AvgIpc) is 3.93. The first-order valence-corrected chi connectivity index (χ1v) is 23.4. The smallest absolute Gasteiger partial charge is 0.333 e. The molecule has 3 aromatic heterocycles. The summed E-state index contributed by atoms with van der Waals surface area (Å²) in [5, 5.41) is 7.20.